The number of hydrogen-bond acceptors (Lipinski definition) is 2. The molecule has 1 fully saturated rings. The van der Waals surface area contributed by atoms with Gasteiger partial charge >= 0.3 is 0 Å². The molecule has 1 aliphatic rings. The van der Waals surface area contributed by atoms with Gasteiger partial charge in [0, 0.05) is 24.7 Å². The summed E-state index contributed by atoms with van der Waals surface area (Å²) in [7, 11) is 0. The van der Waals surface area contributed by atoms with Gasteiger partial charge in [-0.25, -0.2) is 0 Å². The summed E-state index contributed by atoms with van der Waals surface area (Å²) in [5.41, 5.74) is -0.279. The fourth-order valence-corrected chi connectivity index (χ4v) is 1.24. The van der Waals surface area contributed by atoms with Crippen molar-refractivity contribution in [1.29, 1.82) is 0 Å². The van der Waals surface area contributed by atoms with Crippen LogP contribution in [0.15, 0.2) is 0 Å². The summed E-state index contributed by atoms with van der Waals surface area (Å²) in [5.74, 6) is 0.138. The molecule has 76 valence electrons. The predicted molar refractivity (Wildman–Crippen MR) is 51.4 cm³/mol. The Hall–Kier alpha value is -0.570. The van der Waals surface area contributed by atoms with E-state index in [0.717, 1.165) is 26.1 Å². The first-order valence-electron chi connectivity index (χ1n) is 4.89. The first kappa shape index (κ1) is 10.5. The number of hydrogen-bond donors (Lipinski definition) is 1. The first-order valence-corrected chi connectivity index (χ1v) is 4.89. The van der Waals surface area contributed by atoms with Crippen LogP contribution in [-0.2, 0) is 9.53 Å². The molecule has 3 nitrogen and oxygen atoms in total. The van der Waals surface area contributed by atoms with E-state index in [1.165, 1.54) is 0 Å². The molecule has 0 unspecified atom stereocenters. The van der Waals surface area contributed by atoms with E-state index in [4.69, 9.17) is 4.74 Å². The molecule has 1 saturated heterocycles. The van der Waals surface area contributed by atoms with Crippen LogP contribution in [0.1, 0.15) is 33.6 Å². The van der Waals surface area contributed by atoms with Crippen molar-refractivity contribution in [2.75, 3.05) is 13.2 Å². The summed E-state index contributed by atoms with van der Waals surface area (Å²) >= 11 is 0. The van der Waals surface area contributed by atoms with Gasteiger partial charge in [0.25, 0.3) is 0 Å². The Labute approximate surface area is 79.8 Å². The average molecular weight is 185 g/mol. The van der Waals surface area contributed by atoms with Crippen LogP contribution in [-0.4, -0.2) is 25.2 Å². The molecule has 0 aliphatic carbocycles. The van der Waals surface area contributed by atoms with Gasteiger partial charge in [-0.2, -0.15) is 0 Å². The van der Waals surface area contributed by atoms with Gasteiger partial charge in [-0.3, -0.25) is 4.79 Å². The van der Waals surface area contributed by atoms with Crippen LogP contribution in [0.2, 0.25) is 0 Å². The van der Waals surface area contributed by atoms with E-state index in [0.29, 0.717) is 6.04 Å². The van der Waals surface area contributed by atoms with Gasteiger partial charge in [0.05, 0.1) is 0 Å². The van der Waals surface area contributed by atoms with E-state index in [1.54, 1.807) is 0 Å². The Balaban J connectivity index is 2.35. The van der Waals surface area contributed by atoms with Crippen molar-refractivity contribution in [3.05, 3.63) is 0 Å². The summed E-state index contributed by atoms with van der Waals surface area (Å²) in [5, 5.41) is 3.04. The van der Waals surface area contributed by atoms with Crippen LogP contribution in [0, 0.1) is 5.41 Å². The number of amides is 1. The second-order valence-electron chi connectivity index (χ2n) is 4.61. The van der Waals surface area contributed by atoms with Crippen molar-refractivity contribution in [1.82, 2.24) is 5.32 Å². The van der Waals surface area contributed by atoms with Gasteiger partial charge in [0.1, 0.15) is 0 Å². The number of rotatable bonds is 1. The van der Waals surface area contributed by atoms with Crippen LogP contribution in [0.3, 0.4) is 0 Å². The predicted octanol–water partition coefficient (Wildman–Crippen LogP) is 1.33. The van der Waals surface area contributed by atoms with E-state index in [-0.39, 0.29) is 11.3 Å². The standard InChI is InChI=1S/C10H19NO2/c1-10(2,3)9(12)11-8-4-6-13-7-5-8/h8H,4-7H2,1-3H3,(H,11,12). The molecule has 1 heterocycles. The van der Waals surface area contributed by atoms with Gasteiger partial charge in [-0.15, -0.1) is 0 Å². The van der Waals surface area contributed by atoms with Crippen LogP contribution in [0.4, 0.5) is 0 Å². The lowest BCUT2D eigenvalue weighted by molar-refractivity contribution is -0.129. The topological polar surface area (TPSA) is 38.3 Å². The summed E-state index contributed by atoms with van der Waals surface area (Å²) in [6.45, 7) is 7.34. The minimum atomic E-state index is -0.279. The van der Waals surface area contributed by atoms with Crippen molar-refractivity contribution in [2.45, 2.75) is 39.7 Å². The Morgan fingerprint density at radius 3 is 2.31 bits per heavy atom. The highest BCUT2D eigenvalue weighted by molar-refractivity contribution is 5.81. The molecule has 1 N–H and O–H groups in total. The first-order chi connectivity index (χ1) is 6.00. The smallest absolute Gasteiger partial charge is 0.225 e. The highest BCUT2D eigenvalue weighted by atomic mass is 16.5. The molecule has 0 radical (unpaired) electrons. The lowest BCUT2D eigenvalue weighted by Gasteiger charge is -2.27. The minimum Gasteiger partial charge on any atom is -0.381 e. The van der Waals surface area contributed by atoms with E-state index < -0.39 is 0 Å². The highest BCUT2D eigenvalue weighted by Crippen LogP contribution is 2.15. The van der Waals surface area contributed by atoms with E-state index in [2.05, 4.69) is 5.32 Å². The Morgan fingerprint density at radius 2 is 1.85 bits per heavy atom. The van der Waals surface area contributed by atoms with E-state index in [1.807, 2.05) is 20.8 Å². The van der Waals surface area contributed by atoms with Crippen LogP contribution >= 0.6 is 0 Å². The molecule has 1 aliphatic heterocycles. The van der Waals surface area contributed by atoms with Crippen LogP contribution in [0.25, 0.3) is 0 Å². The summed E-state index contributed by atoms with van der Waals surface area (Å²) in [6.07, 6.45) is 1.89. The third-order valence-corrected chi connectivity index (χ3v) is 2.24. The quantitative estimate of drug-likeness (QED) is 0.669. The maximum Gasteiger partial charge on any atom is 0.225 e. The zero-order chi connectivity index (χ0) is 9.90. The van der Waals surface area contributed by atoms with Crippen molar-refractivity contribution in [2.24, 2.45) is 5.41 Å². The lowest BCUT2D eigenvalue weighted by Crippen LogP contribution is -2.44. The SMILES string of the molecule is CC(C)(C)C(=O)NC1CCOCC1. The van der Waals surface area contributed by atoms with Gasteiger partial charge in [0.15, 0.2) is 0 Å². The molecule has 0 aromatic carbocycles. The molecule has 1 amide bonds. The molecule has 0 atom stereocenters. The third-order valence-electron chi connectivity index (χ3n) is 2.24. The van der Waals surface area contributed by atoms with Crippen LogP contribution < -0.4 is 5.32 Å². The number of ether oxygens (including phenoxy) is 1. The maximum atomic E-state index is 11.6. The van der Waals surface area contributed by atoms with Crippen LogP contribution in [0.5, 0.6) is 0 Å². The van der Waals surface area contributed by atoms with Gasteiger partial charge < -0.3 is 10.1 Å². The van der Waals surface area contributed by atoms with Gasteiger partial charge in [0.2, 0.25) is 5.91 Å². The fraction of sp³-hybridized carbons (Fsp3) is 0.900. The Morgan fingerprint density at radius 1 is 1.31 bits per heavy atom. The van der Waals surface area contributed by atoms with Crippen molar-refractivity contribution in [3.8, 4) is 0 Å². The highest BCUT2D eigenvalue weighted by Gasteiger charge is 2.24. The molecule has 3 heteroatoms. The molecule has 0 aromatic heterocycles. The number of carbonyl (C=O) groups excluding carboxylic acids is 1. The van der Waals surface area contributed by atoms with E-state index >= 15 is 0 Å². The van der Waals surface area contributed by atoms with Gasteiger partial charge in [-0.05, 0) is 12.8 Å². The zero-order valence-corrected chi connectivity index (χ0v) is 8.72. The van der Waals surface area contributed by atoms with Crippen molar-refractivity contribution >= 4 is 5.91 Å². The average Bonchev–Trinajstić information content (AvgIpc) is 2.04. The molecule has 1 rings (SSSR count). The molecular weight excluding hydrogens is 166 g/mol. The minimum absolute atomic E-state index is 0.138. The van der Waals surface area contributed by atoms with Crippen molar-refractivity contribution in [3.63, 3.8) is 0 Å². The molecule has 13 heavy (non-hydrogen) atoms. The number of carbonyl (C=O) groups is 1. The molecular formula is C10H19NO2. The number of nitrogens with one attached hydrogen (secondary N) is 1. The largest absolute Gasteiger partial charge is 0.381 e. The maximum absolute atomic E-state index is 11.6. The second kappa shape index (κ2) is 4.09. The lowest BCUT2D eigenvalue weighted by atomic mass is 9.94. The van der Waals surface area contributed by atoms with Gasteiger partial charge in [-0.1, -0.05) is 20.8 Å². The summed E-state index contributed by atoms with van der Waals surface area (Å²) < 4.78 is 5.22. The molecule has 0 saturated carbocycles. The summed E-state index contributed by atoms with van der Waals surface area (Å²) in [4.78, 5) is 11.6. The second-order valence-corrected chi connectivity index (χ2v) is 4.61. The fourth-order valence-electron chi connectivity index (χ4n) is 1.24. The summed E-state index contributed by atoms with van der Waals surface area (Å²) in [6, 6.07) is 0.320. The van der Waals surface area contributed by atoms with E-state index in [9.17, 15) is 4.79 Å². The zero-order valence-electron chi connectivity index (χ0n) is 8.72. The molecule has 0 bridgehead atoms. The Bertz CT molecular complexity index is 178. The molecule has 0 aromatic rings. The third kappa shape index (κ3) is 3.35. The Kier molecular flexibility index (Phi) is 3.31. The normalized spacial score (nSPS) is 19.9. The van der Waals surface area contributed by atoms with Crippen molar-refractivity contribution < 1.29 is 9.53 Å². The molecule has 0 spiro atoms. The monoisotopic (exact) mass is 185 g/mol.